The molecule has 0 radical (unpaired) electrons. The van der Waals surface area contributed by atoms with Gasteiger partial charge in [-0.2, -0.15) is 0 Å². The fraction of sp³-hybridized carbons (Fsp3) is 0.500. The van der Waals surface area contributed by atoms with Gasteiger partial charge in [0.15, 0.2) is 0 Å². The number of nitrogens with one attached hydrogen (secondary N) is 1. The molecule has 16 heavy (non-hydrogen) atoms. The Morgan fingerprint density at radius 1 is 1.38 bits per heavy atom. The maximum atomic E-state index is 13.1. The number of methoxy groups -OCH3 is 1. The molecule has 0 unspecified atom stereocenters. The Balaban J connectivity index is 2.49. The van der Waals surface area contributed by atoms with Crippen LogP contribution in [0.1, 0.15) is 19.4 Å². The van der Waals surface area contributed by atoms with E-state index in [1.165, 1.54) is 12.1 Å². The van der Waals surface area contributed by atoms with Crippen LogP contribution >= 0.6 is 15.9 Å². The van der Waals surface area contributed by atoms with Crippen LogP contribution in [0, 0.1) is 5.82 Å². The van der Waals surface area contributed by atoms with Crippen molar-refractivity contribution in [3.63, 3.8) is 0 Å². The second kappa shape index (κ2) is 5.75. The van der Waals surface area contributed by atoms with Crippen LogP contribution in [0.25, 0.3) is 0 Å². The average molecular weight is 290 g/mol. The Labute approximate surface area is 104 Å². The highest BCUT2D eigenvalue weighted by Crippen LogP contribution is 2.15. The molecule has 90 valence electrons. The summed E-state index contributed by atoms with van der Waals surface area (Å²) in [7, 11) is 1.68. The van der Waals surface area contributed by atoms with Crippen molar-refractivity contribution >= 4 is 15.9 Å². The molecule has 0 saturated carbocycles. The van der Waals surface area contributed by atoms with Gasteiger partial charge >= 0.3 is 0 Å². The van der Waals surface area contributed by atoms with Crippen LogP contribution in [0.2, 0.25) is 0 Å². The number of hydrogen-bond acceptors (Lipinski definition) is 2. The van der Waals surface area contributed by atoms with Gasteiger partial charge in [-0.1, -0.05) is 15.9 Å². The van der Waals surface area contributed by atoms with Crippen LogP contribution < -0.4 is 5.32 Å². The van der Waals surface area contributed by atoms with Gasteiger partial charge in [0.25, 0.3) is 0 Å². The zero-order chi connectivity index (χ0) is 12.2. The summed E-state index contributed by atoms with van der Waals surface area (Å²) in [5, 5.41) is 3.23. The monoisotopic (exact) mass is 289 g/mol. The number of hydrogen-bond donors (Lipinski definition) is 1. The molecule has 1 N–H and O–H groups in total. The van der Waals surface area contributed by atoms with Crippen LogP contribution in [0.4, 0.5) is 4.39 Å². The van der Waals surface area contributed by atoms with Gasteiger partial charge in [-0.05, 0) is 37.6 Å². The van der Waals surface area contributed by atoms with Crippen molar-refractivity contribution in [2.24, 2.45) is 0 Å². The van der Waals surface area contributed by atoms with Crippen molar-refractivity contribution in [2.45, 2.75) is 26.0 Å². The van der Waals surface area contributed by atoms with Crippen molar-refractivity contribution in [3.05, 3.63) is 34.1 Å². The lowest BCUT2D eigenvalue weighted by atomic mass is 10.1. The van der Waals surface area contributed by atoms with Gasteiger partial charge in [0.2, 0.25) is 0 Å². The summed E-state index contributed by atoms with van der Waals surface area (Å²) in [6.07, 6.45) is 0. The van der Waals surface area contributed by atoms with Crippen LogP contribution in [0.15, 0.2) is 22.7 Å². The predicted molar refractivity (Wildman–Crippen MR) is 66.9 cm³/mol. The van der Waals surface area contributed by atoms with Crippen LogP contribution in [-0.4, -0.2) is 19.3 Å². The van der Waals surface area contributed by atoms with Gasteiger partial charge in [0.05, 0.1) is 5.60 Å². The summed E-state index contributed by atoms with van der Waals surface area (Å²) in [5.74, 6) is -0.225. The molecular formula is C12H17BrFNO. The number of rotatable bonds is 5. The van der Waals surface area contributed by atoms with Gasteiger partial charge in [0.1, 0.15) is 5.82 Å². The normalized spacial score (nSPS) is 11.8. The highest BCUT2D eigenvalue weighted by atomic mass is 79.9. The molecule has 0 atom stereocenters. The highest BCUT2D eigenvalue weighted by Gasteiger charge is 2.15. The molecule has 0 aromatic heterocycles. The molecule has 4 heteroatoms. The largest absolute Gasteiger partial charge is 0.377 e. The lowest BCUT2D eigenvalue weighted by Gasteiger charge is -2.23. The minimum absolute atomic E-state index is 0.204. The molecule has 2 nitrogen and oxygen atoms in total. The summed E-state index contributed by atoms with van der Waals surface area (Å²) in [6, 6.07) is 4.87. The summed E-state index contributed by atoms with van der Waals surface area (Å²) >= 11 is 3.27. The second-order valence-corrected chi connectivity index (χ2v) is 5.26. The Hall–Kier alpha value is -0.450. The quantitative estimate of drug-likeness (QED) is 0.899. The van der Waals surface area contributed by atoms with E-state index >= 15 is 0 Å². The van der Waals surface area contributed by atoms with E-state index in [0.717, 1.165) is 16.6 Å². The number of ether oxygens (including phenoxy) is 1. The SMILES string of the molecule is COC(C)(C)CNCc1cc(F)cc(Br)c1. The molecule has 0 aliphatic rings. The van der Waals surface area contributed by atoms with Gasteiger partial charge in [-0.15, -0.1) is 0 Å². The molecule has 0 aliphatic heterocycles. The fourth-order valence-corrected chi connectivity index (χ4v) is 1.81. The maximum absolute atomic E-state index is 13.1. The van der Waals surface area contributed by atoms with Crippen molar-refractivity contribution < 1.29 is 9.13 Å². The molecule has 1 aromatic rings. The maximum Gasteiger partial charge on any atom is 0.124 e. The molecule has 0 bridgehead atoms. The lowest BCUT2D eigenvalue weighted by Crippen LogP contribution is -2.36. The third-order valence-corrected chi connectivity index (χ3v) is 2.81. The van der Waals surface area contributed by atoms with Gasteiger partial charge in [-0.3, -0.25) is 0 Å². The van der Waals surface area contributed by atoms with E-state index in [1.54, 1.807) is 7.11 Å². The summed E-state index contributed by atoms with van der Waals surface area (Å²) in [6.45, 7) is 5.35. The van der Waals surface area contributed by atoms with Gasteiger partial charge in [0, 0.05) is 24.7 Å². The Bertz CT molecular complexity index is 335. The van der Waals surface area contributed by atoms with E-state index in [4.69, 9.17) is 4.74 Å². The third kappa shape index (κ3) is 4.60. The molecule has 0 aliphatic carbocycles. The van der Waals surface area contributed by atoms with Crippen molar-refractivity contribution in [1.29, 1.82) is 0 Å². The standard InChI is InChI=1S/C12H17BrFNO/c1-12(2,16-3)8-15-7-9-4-10(13)6-11(14)5-9/h4-6,15H,7-8H2,1-3H3. The minimum atomic E-state index is -0.225. The van der Waals surface area contributed by atoms with E-state index in [9.17, 15) is 4.39 Å². The fourth-order valence-electron chi connectivity index (χ4n) is 1.29. The van der Waals surface area contributed by atoms with Crippen LogP contribution in [0.3, 0.4) is 0 Å². The molecule has 0 heterocycles. The van der Waals surface area contributed by atoms with E-state index < -0.39 is 0 Å². The second-order valence-electron chi connectivity index (χ2n) is 4.35. The summed E-state index contributed by atoms with van der Waals surface area (Å²) in [5.41, 5.74) is 0.712. The average Bonchev–Trinajstić information content (AvgIpc) is 2.16. The summed E-state index contributed by atoms with van der Waals surface area (Å²) in [4.78, 5) is 0. The number of halogens is 2. The van der Waals surface area contributed by atoms with Crippen molar-refractivity contribution in [1.82, 2.24) is 5.32 Å². The first-order valence-electron chi connectivity index (χ1n) is 5.14. The van der Waals surface area contributed by atoms with E-state index in [-0.39, 0.29) is 11.4 Å². The molecule has 1 rings (SSSR count). The van der Waals surface area contributed by atoms with E-state index in [1.807, 2.05) is 19.9 Å². The lowest BCUT2D eigenvalue weighted by molar-refractivity contribution is 0.0230. The molecule has 0 spiro atoms. The molecule has 0 fully saturated rings. The zero-order valence-corrected chi connectivity index (χ0v) is 11.4. The predicted octanol–water partition coefficient (Wildman–Crippen LogP) is 3.10. The van der Waals surface area contributed by atoms with Crippen molar-refractivity contribution in [2.75, 3.05) is 13.7 Å². The zero-order valence-electron chi connectivity index (χ0n) is 9.81. The van der Waals surface area contributed by atoms with Gasteiger partial charge < -0.3 is 10.1 Å². The summed E-state index contributed by atoms with van der Waals surface area (Å²) < 4.78 is 19.1. The van der Waals surface area contributed by atoms with Crippen LogP contribution in [-0.2, 0) is 11.3 Å². The van der Waals surface area contributed by atoms with Crippen molar-refractivity contribution in [3.8, 4) is 0 Å². The first-order valence-corrected chi connectivity index (χ1v) is 5.93. The van der Waals surface area contributed by atoms with Crippen LogP contribution in [0.5, 0.6) is 0 Å². The molecule has 1 aromatic carbocycles. The topological polar surface area (TPSA) is 21.3 Å². The molecular weight excluding hydrogens is 273 g/mol. The first kappa shape index (κ1) is 13.6. The highest BCUT2D eigenvalue weighted by molar-refractivity contribution is 9.10. The minimum Gasteiger partial charge on any atom is -0.377 e. The third-order valence-electron chi connectivity index (χ3n) is 2.35. The van der Waals surface area contributed by atoms with E-state index in [0.29, 0.717) is 6.54 Å². The number of benzene rings is 1. The van der Waals surface area contributed by atoms with E-state index in [2.05, 4.69) is 21.2 Å². The Kier molecular flexibility index (Phi) is 4.89. The van der Waals surface area contributed by atoms with Gasteiger partial charge in [-0.25, -0.2) is 4.39 Å². The first-order chi connectivity index (χ1) is 7.43. The Morgan fingerprint density at radius 3 is 2.62 bits per heavy atom. The molecule has 0 saturated heterocycles. The Morgan fingerprint density at radius 2 is 2.06 bits per heavy atom. The smallest absolute Gasteiger partial charge is 0.124 e. The molecule has 0 amide bonds.